The summed E-state index contributed by atoms with van der Waals surface area (Å²) in [5.41, 5.74) is 0.299. The number of hydrogen-bond donors (Lipinski definition) is 2. The third-order valence-electron chi connectivity index (χ3n) is 5.90. The number of aromatic nitrogens is 3. The molecule has 4 atom stereocenters. The van der Waals surface area contributed by atoms with Crippen LogP contribution in [-0.4, -0.2) is 46.9 Å². The second kappa shape index (κ2) is 9.48. The smallest absolute Gasteiger partial charge is 0.251 e. The van der Waals surface area contributed by atoms with Crippen LogP contribution >= 0.6 is 0 Å². The molecule has 1 saturated heterocycles. The third-order valence-corrected chi connectivity index (χ3v) is 7.73. The maximum absolute atomic E-state index is 13.2. The molecule has 0 aliphatic carbocycles. The number of sulfonamides is 1. The van der Waals surface area contributed by atoms with E-state index in [1.807, 2.05) is 13.8 Å². The summed E-state index contributed by atoms with van der Waals surface area (Å²) in [4.78, 5) is 17.4. The van der Waals surface area contributed by atoms with Crippen LogP contribution in [0.5, 0.6) is 0 Å². The van der Waals surface area contributed by atoms with Gasteiger partial charge in [-0.25, -0.2) is 13.4 Å². The quantitative estimate of drug-likeness (QED) is 0.676. The van der Waals surface area contributed by atoms with Crippen LogP contribution in [0.1, 0.15) is 81.4 Å². The monoisotopic (exact) mass is 447 g/mol. The predicted octanol–water partition coefficient (Wildman–Crippen LogP) is 3.48. The molecule has 1 aromatic carbocycles. The Kier molecular flexibility index (Phi) is 7.16. The average Bonchev–Trinajstić information content (AvgIpc) is 3.23. The molecule has 1 aromatic heterocycles. The predicted molar refractivity (Wildman–Crippen MR) is 119 cm³/mol. The van der Waals surface area contributed by atoms with Crippen LogP contribution in [-0.2, 0) is 10.0 Å². The number of rotatable bonds is 7. The summed E-state index contributed by atoms with van der Waals surface area (Å²) >= 11 is 0. The minimum atomic E-state index is -3.65. The summed E-state index contributed by atoms with van der Waals surface area (Å²) < 4.78 is 27.9. The van der Waals surface area contributed by atoms with E-state index in [2.05, 4.69) is 41.3 Å². The van der Waals surface area contributed by atoms with E-state index >= 15 is 0 Å². The first kappa shape index (κ1) is 23.4. The maximum atomic E-state index is 13.2. The summed E-state index contributed by atoms with van der Waals surface area (Å²) in [5, 5.41) is 9.99. The van der Waals surface area contributed by atoms with E-state index in [0.717, 1.165) is 18.7 Å². The van der Waals surface area contributed by atoms with Gasteiger partial charge in [0.1, 0.15) is 5.82 Å². The Morgan fingerprint density at radius 3 is 2.58 bits per heavy atom. The number of nitrogens with one attached hydrogen (secondary N) is 2. The van der Waals surface area contributed by atoms with E-state index in [9.17, 15) is 13.2 Å². The van der Waals surface area contributed by atoms with Crippen molar-refractivity contribution < 1.29 is 13.2 Å². The molecule has 0 unspecified atom stereocenters. The number of nitrogens with zero attached hydrogens (tertiary/aromatic N) is 3. The van der Waals surface area contributed by atoms with Crippen LogP contribution < -0.4 is 5.32 Å². The van der Waals surface area contributed by atoms with Gasteiger partial charge in [-0.05, 0) is 49.8 Å². The van der Waals surface area contributed by atoms with Crippen LogP contribution in [0, 0.1) is 11.8 Å². The van der Waals surface area contributed by atoms with Gasteiger partial charge in [0.15, 0.2) is 5.82 Å². The van der Waals surface area contributed by atoms with Gasteiger partial charge in [0.05, 0.1) is 10.9 Å². The van der Waals surface area contributed by atoms with Gasteiger partial charge in [-0.15, -0.1) is 0 Å². The molecule has 2 N–H and O–H groups in total. The average molecular weight is 448 g/mol. The van der Waals surface area contributed by atoms with Gasteiger partial charge in [0.2, 0.25) is 10.0 Å². The van der Waals surface area contributed by atoms with Gasteiger partial charge in [-0.3, -0.25) is 9.89 Å². The molecule has 1 aliphatic heterocycles. The fourth-order valence-electron chi connectivity index (χ4n) is 3.98. The van der Waals surface area contributed by atoms with Crippen molar-refractivity contribution in [2.45, 2.75) is 64.3 Å². The molecule has 0 saturated carbocycles. The van der Waals surface area contributed by atoms with Crippen molar-refractivity contribution in [2.75, 3.05) is 13.1 Å². The van der Waals surface area contributed by atoms with E-state index in [0.29, 0.717) is 36.3 Å². The van der Waals surface area contributed by atoms with Crippen LogP contribution in [0.2, 0.25) is 0 Å². The zero-order chi connectivity index (χ0) is 22.8. The number of aromatic amines is 1. The lowest BCUT2D eigenvalue weighted by Gasteiger charge is -2.34. The van der Waals surface area contributed by atoms with Crippen LogP contribution in [0.3, 0.4) is 0 Å². The molecule has 1 amide bonds. The van der Waals surface area contributed by atoms with E-state index in [1.54, 1.807) is 18.2 Å². The first-order chi connectivity index (χ1) is 14.6. The summed E-state index contributed by atoms with van der Waals surface area (Å²) in [6, 6.07) is 5.84. The Hall–Kier alpha value is -2.26. The zero-order valence-electron chi connectivity index (χ0n) is 18.9. The molecule has 2 aromatic rings. The molecule has 0 bridgehead atoms. The van der Waals surface area contributed by atoms with E-state index in [1.165, 1.54) is 10.4 Å². The highest BCUT2D eigenvalue weighted by Crippen LogP contribution is 2.27. The van der Waals surface area contributed by atoms with Crippen molar-refractivity contribution in [3.63, 3.8) is 0 Å². The van der Waals surface area contributed by atoms with Crippen molar-refractivity contribution in [3.05, 3.63) is 41.5 Å². The standard InChI is InChI=1S/C22H33N5O3S/c1-6-16(4)20-24-21(26-25-20)17(5)23-22(28)18-8-7-9-19(11-18)31(29,30)27-12-14(2)10-15(3)13-27/h7-9,11,14-17H,6,10,12-13H2,1-5H3,(H,23,28)(H,24,25,26)/t14-,15-,16-,17-/m0/s1. The van der Waals surface area contributed by atoms with Gasteiger partial charge >= 0.3 is 0 Å². The number of hydrogen-bond acceptors (Lipinski definition) is 5. The summed E-state index contributed by atoms with van der Waals surface area (Å²) in [6.45, 7) is 11.1. The van der Waals surface area contributed by atoms with E-state index < -0.39 is 10.0 Å². The van der Waals surface area contributed by atoms with Gasteiger partial charge in [-0.2, -0.15) is 9.40 Å². The molecular weight excluding hydrogens is 414 g/mol. The number of piperidine rings is 1. The summed E-state index contributed by atoms with van der Waals surface area (Å²) in [5.74, 6) is 1.79. The largest absolute Gasteiger partial charge is 0.342 e. The lowest BCUT2D eigenvalue weighted by atomic mass is 9.94. The van der Waals surface area contributed by atoms with Crippen molar-refractivity contribution in [1.82, 2.24) is 24.8 Å². The maximum Gasteiger partial charge on any atom is 0.251 e. The number of H-pyrrole nitrogens is 1. The Bertz CT molecular complexity index is 1010. The molecule has 31 heavy (non-hydrogen) atoms. The molecule has 0 radical (unpaired) electrons. The van der Waals surface area contributed by atoms with Crippen molar-refractivity contribution in [3.8, 4) is 0 Å². The highest BCUT2D eigenvalue weighted by Gasteiger charge is 2.32. The summed E-state index contributed by atoms with van der Waals surface area (Å²) in [7, 11) is -3.65. The summed E-state index contributed by atoms with van der Waals surface area (Å²) in [6.07, 6.45) is 1.95. The van der Waals surface area contributed by atoms with Gasteiger partial charge < -0.3 is 5.32 Å². The second-order valence-corrected chi connectivity index (χ2v) is 10.8. The highest BCUT2D eigenvalue weighted by atomic mass is 32.2. The number of benzene rings is 1. The Labute approximate surface area is 184 Å². The number of carbonyl (C=O) groups is 1. The fraction of sp³-hybridized carbons (Fsp3) is 0.591. The van der Waals surface area contributed by atoms with E-state index in [4.69, 9.17) is 0 Å². The Morgan fingerprint density at radius 1 is 1.26 bits per heavy atom. The molecule has 2 heterocycles. The van der Waals surface area contributed by atoms with Crippen LogP contribution in [0.15, 0.2) is 29.2 Å². The highest BCUT2D eigenvalue weighted by molar-refractivity contribution is 7.89. The van der Waals surface area contributed by atoms with Gasteiger partial charge in [0, 0.05) is 24.6 Å². The second-order valence-electron chi connectivity index (χ2n) is 8.88. The van der Waals surface area contributed by atoms with Crippen molar-refractivity contribution in [2.24, 2.45) is 11.8 Å². The number of amides is 1. The Morgan fingerprint density at radius 2 is 1.94 bits per heavy atom. The normalized spacial score (nSPS) is 22.1. The molecule has 170 valence electrons. The van der Waals surface area contributed by atoms with Crippen molar-refractivity contribution in [1.29, 1.82) is 0 Å². The lowest BCUT2D eigenvalue weighted by molar-refractivity contribution is 0.0938. The zero-order valence-corrected chi connectivity index (χ0v) is 19.7. The molecular formula is C22H33N5O3S. The first-order valence-electron chi connectivity index (χ1n) is 10.9. The fourth-order valence-corrected chi connectivity index (χ4v) is 5.71. The molecule has 1 aliphatic rings. The van der Waals surface area contributed by atoms with Crippen LogP contribution in [0.4, 0.5) is 0 Å². The molecule has 9 heteroatoms. The minimum Gasteiger partial charge on any atom is -0.342 e. The lowest BCUT2D eigenvalue weighted by Crippen LogP contribution is -2.42. The SMILES string of the molecule is CC[C@H](C)c1n[nH]c([C@H](C)NC(=O)c2cccc(S(=O)(=O)N3C[C@@H](C)C[C@H](C)C3)c2)n1. The molecule has 1 fully saturated rings. The van der Waals surface area contributed by atoms with Crippen molar-refractivity contribution >= 4 is 15.9 Å². The van der Waals surface area contributed by atoms with Gasteiger partial charge in [-0.1, -0.05) is 33.8 Å². The number of carbonyl (C=O) groups excluding carboxylic acids is 1. The third kappa shape index (κ3) is 5.33. The molecule has 0 spiro atoms. The first-order valence-corrected chi connectivity index (χ1v) is 12.4. The van der Waals surface area contributed by atoms with Gasteiger partial charge in [0.25, 0.3) is 5.91 Å². The topological polar surface area (TPSA) is 108 Å². The minimum absolute atomic E-state index is 0.146. The molecule has 3 rings (SSSR count). The molecule has 8 nitrogen and oxygen atoms in total. The Balaban J connectivity index is 1.74. The van der Waals surface area contributed by atoms with Crippen LogP contribution in [0.25, 0.3) is 0 Å². The van der Waals surface area contributed by atoms with E-state index in [-0.39, 0.29) is 22.8 Å².